The monoisotopic (exact) mass is 341 g/mol. The van der Waals surface area contributed by atoms with E-state index in [-0.39, 0.29) is 5.02 Å². The Bertz CT molecular complexity index is 684. The summed E-state index contributed by atoms with van der Waals surface area (Å²) < 4.78 is 18.3. The van der Waals surface area contributed by atoms with Crippen molar-refractivity contribution in [2.75, 3.05) is 11.9 Å². The van der Waals surface area contributed by atoms with Crippen molar-refractivity contribution in [1.82, 2.24) is 0 Å². The summed E-state index contributed by atoms with van der Waals surface area (Å²) in [6.07, 6.45) is 0. The van der Waals surface area contributed by atoms with Gasteiger partial charge in [-0.25, -0.2) is 9.18 Å². The summed E-state index contributed by atoms with van der Waals surface area (Å²) in [7, 11) is 0. The Morgan fingerprint density at radius 2 is 1.77 bits per heavy atom. The Morgan fingerprint density at radius 3 is 2.41 bits per heavy atom. The highest BCUT2D eigenvalue weighted by Crippen LogP contribution is 2.20. The molecule has 0 spiro atoms. The van der Waals surface area contributed by atoms with Gasteiger partial charge in [-0.3, -0.25) is 4.79 Å². The Morgan fingerprint density at radius 1 is 1.09 bits per heavy atom. The molecule has 0 saturated carbocycles. The number of anilines is 1. The maximum absolute atomic E-state index is 13.5. The molecule has 4 nitrogen and oxygen atoms in total. The van der Waals surface area contributed by atoms with Crippen molar-refractivity contribution >= 4 is 40.8 Å². The minimum atomic E-state index is -1.01. The smallest absolute Gasteiger partial charge is 0.343 e. The molecule has 2 rings (SSSR count). The molecular formula is C15H10Cl2FNO3. The number of amides is 1. The first-order valence-electron chi connectivity index (χ1n) is 6.14. The molecule has 2 aromatic rings. The number of benzene rings is 2. The number of rotatable bonds is 4. The van der Waals surface area contributed by atoms with Gasteiger partial charge < -0.3 is 10.1 Å². The lowest BCUT2D eigenvalue weighted by Crippen LogP contribution is -2.21. The molecule has 22 heavy (non-hydrogen) atoms. The minimum absolute atomic E-state index is 0.0805. The normalized spacial score (nSPS) is 10.1. The van der Waals surface area contributed by atoms with E-state index in [9.17, 15) is 14.0 Å². The largest absolute Gasteiger partial charge is 0.452 e. The lowest BCUT2D eigenvalue weighted by molar-refractivity contribution is -0.119. The standard InChI is InChI=1S/C15H10Cl2FNO3/c16-9-4-6-10(7-5-9)19-13(20)8-22-15(21)14-11(17)2-1-3-12(14)18/h1-7H,8H2,(H,19,20). The molecule has 0 unspecified atom stereocenters. The molecule has 0 bridgehead atoms. The van der Waals surface area contributed by atoms with Crippen LogP contribution in [0.4, 0.5) is 10.1 Å². The van der Waals surface area contributed by atoms with Gasteiger partial charge in [0.2, 0.25) is 0 Å². The molecule has 0 aliphatic rings. The van der Waals surface area contributed by atoms with Crippen molar-refractivity contribution in [2.45, 2.75) is 0 Å². The Hall–Kier alpha value is -2.11. The van der Waals surface area contributed by atoms with Gasteiger partial charge >= 0.3 is 5.97 Å². The van der Waals surface area contributed by atoms with Crippen molar-refractivity contribution in [3.05, 3.63) is 63.9 Å². The average Bonchev–Trinajstić information content (AvgIpc) is 2.47. The summed E-state index contributed by atoms with van der Waals surface area (Å²) in [6, 6.07) is 10.2. The Kier molecular flexibility index (Phi) is 5.35. The van der Waals surface area contributed by atoms with E-state index in [1.165, 1.54) is 12.1 Å². The molecule has 1 N–H and O–H groups in total. The van der Waals surface area contributed by atoms with E-state index in [0.29, 0.717) is 10.7 Å². The van der Waals surface area contributed by atoms with Gasteiger partial charge in [-0.2, -0.15) is 0 Å². The quantitative estimate of drug-likeness (QED) is 0.857. The lowest BCUT2D eigenvalue weighted by atomic mass is 10.2. The third kappa shape index (κ3) is 4.19. The number of hydrogen-bond acceptors (Lipinski definition) is 3. The van der Waals surface area contributed by atoms with Gasteiger partial charge in [0.25, 0.3) is 5.91 Å². The van der Waals surface area contributed by atoms with Gasteiger partial charge in [-0.1, -0.05) is 29.3 Å². The van der Waals surface area contributed by atoms with Crippen LogP contribution in [0.1, 0.15) is 10.4 Å². The summed E-state index contributed by atoms with van der Waals surface area (Å²) >= 11 is 11.4. The Balaban J connectivity index is 1.93. The lowest BCUT2D eigenvalue weighted by Gasteiger charge is -2.08. The fraction of sp³-hybridized carbons (Fsp3) is 0.0667. The summed E-state index contributed by atoms with van der Waals surface area (Å²) in [5, 5.41) is 2.95. The topological polar surface area (TPSA) is 55.4 Å². The molecule has 0 heterocycles. The van der Waals surface area contributed by atoms with Crippen LogP contribution in [0, 0.1) is 5.82 Å². The van der Waals surface area contributed by atoms with Gasteiger partial charge in [-0.15, -0.1) is 0 Å². The highest BCUT2D eigenvalue weighted by Gasteiger charge is 2.18. The molecule has 0 saturated heterocycles. The number of halogens is 3. The molecule has 0 aliphatic carbocycles. The van der Waals surface area contributed by atoms with Gasteiger partial charge in [0.1, 0.15) is 11.4 Å². The van der Waals surface area contributed by atoms with E-state index in [1.54, 1.807) is 24.3 Å². The molecule has 0 fully saturated rings. The molecule has 0 aromatic heterocycles. The van der Waals surface area contributed by atoms with Crippen LogP contribution in [0.2, 0.25) is 10.0 Å². The predicted molar refractivity (Wildman–Crippen MR) is 81.8 cm³/mol. The zero-order valence-electron chi connectivity index (χ0n) is 11.1. The number of nitrogens with one attached hydrogen (secondary N) is 1. The van der Waals surface area contributed by atoms with E-state index < -0.39 is 29.9 Å². The first-order valence-corrected chi connectivity index (χ1v) is 6.89. The fourth-order valence-corrected chi connectivity index (χ4v) is 1.99. The van der Waals surface area contributed by atoms with Crippen molar-refractivity contribution < 1.29 is 18.7 Å². The molecule has 0 radical (unpaired) electrons. The SMILES string of the molecule is O=C(COC(=O)c1c(F)cccc1Cl)Nc1ccc(Cl)cc1. The van der Waals surface area contributed by atoms with Crippen LogP contribution in [0.3, 0.4) is 0 Å². The van der Waals surface area contributed by atoms with Crippen LogP contribution < -0.4 is 5.32 Å². The second kappa shape index (κ2) is 7.24. The van der Waals surface area contributed by atoms with E-state index in [4.69, 9.17) is 27.9 Å². The summed E-state index contributed by atoms with van der Waals surface area (Å²) in [5.41, 5.74) is 0.0952. The molecule has 114 valence electrons. The van der Waals surface area contributed by atoms with Crippen molar-refractivity contribution in [1.29, 1.82) is 0 Å². The van der Waals surface area contributed by atoms with Crippen LogP contribution in [0.15, 0.2) is 42.5 Å². The third-order valence-corrected chi connectivity index (χ3v) is 3.20. The number of carbonyl (C=O) groups excluding carboxylic acids is 2. The first kappa shape index (κ1) is 16.3. The molecular weight excluding hydrogens is 332 g/mol. The van der Waals surface area contributed by atoms with E-state index in [1.807, 2.05) is 0 Å². The summed E-state index contributed by atoms with van der Waals surface area (Å²) in [4.78, 5) is 23.4. The van der Waals surface area contributed by atoms with E-state index >= 15 is 0 Å². The zero-order valence-corrected chi connectivity index (χ0v) is 12.6. The summed E-state index contributed by atoms with van der Waals surface area (Å²) in [6.45, 7) is -0.563. The van der Waals surface area contributed by atoms with Gasteiger partial charge in [-0.05, 0) is 36.4 Å². The third-order valence-electron chi connectivity index (χ3n) is 2.63. The van der Waals surface area contributed by atoms with Crippen LogP contribution in [-0.2, 0) is 9.53 Å². The molecule has 7 heteroatoms. The molecule has 0 aliphatic heterocycles. The van der Waals surface area contributed by atoms with Crippen molar-refractivity contribution in [2.24, 2.45) is 0 Å². The first-order chi connectivity index (χ1) is 10.5. The maximum atomic E-state index is 13.5. The second-order valence-corrected chi connectivity index (χ2v) is 5.07. The van der Waals surface area contributed by atoms with Crippen LogP contribution in [-0.4, -0.2) is 18.5 Å². The van der Waals surface area contributed by atoms with E-state index in [0.717, 1.165) is 6.07 Å². The number of esters is 1. The molecule has 0 atom stereocenters. The molecule has 1 amide bonds. The zero-order chi connectivity index (χ0) is 16.1. The van der Waals surface area contributed by atoms with Gasteiger partial charge in [0.05, 0.1) is 5.02 Å². The van der Waals surface area contributed by atoms with Crippen molar-refractivity contribution in [3.8, 4) is 0 Å². The Labute approximate surface area is 135 Å². The van der Waals surface area contributed by atoms with E-state index in [2.05, 4.69) is 5.32 Å². The van der Waals surface area contributed by atoms with Crippen LogP contribution >= 0.6 is 23.2 Å². The van der Waals surface area contributed by atoms with Crippen LogP contribution in [0.5, 0.6) is 0 Å². The van der Waals surface area contributed by atoms with Gasteiger partial charge in [0, 0.05) is 10.7 Å². The number of carbonyl (C=O) groups is 2. The van der Waals surface area contributed by atoms with Crippen LogP contribution in [0.25, 0.3) is 0 Å². The highest BCUT2D eigenvalue weighted by atomic mass is 35.5. The predicted octanol–water partition coefficient (Wildman–Crippen LogP) is 3.93. The average molecular weight is 342 g/mol. The summed E-state index contributed by atoms with van der Waals surface area (Å²) in [5.74, 6) is -2.38. The highest BCUT2D eigenvalue weighted by molar-refractivity contribution is 6.33. The maximum Gasteiger partial charge on any atom is 0.343 e. The minimum Gasteiger partial charge on any atom is -0.452 e. The van der Waals surface area contributed by atoms with Gasteiger partial charge in [0.15, 0.2) is 6.61 Å². The number of ether oxygens (including phenoxy) is 1. The molecule has 2 aromatic carbocycles. The number of hydrogen-bond donors (Lipinski definition) is 1. The second-order valence-electron chi connectivity index (χ2n) is 4.23. The van der Waals surface area contributed by atoms with Crippen molar-refractivity contribution in [3.63, 3.8) is 0 Å². The fourth-order valence-electron chi connectivity index (χ4n) is 1.63.